The van der Waals surface area contributed by atoms with Crippen LogP contribution in [0.2, 0.25) is 0 Å². The predicted molar refractivity (Wildman–Crippen MR) is 128 cm³/mol. The first kappa shape index (κ1) is 21.5. The summed E-state index contributed by atoms with van der Waals surface area (Å²) in [4.78, 5) is 6.83. The van der Waals surface area contributed by atoms with Crippen LogP contribution < -0.4 is 0 Å². The third kappa shape index (κ3) is 5.01. The Morgan fingerprint density at radius 2 is 1.64 bits per heavy atom. The maximum atomic E-state index is 4.61. The van der Waals surface area contributed by atoms with Crippen LogP contribution in [-0.4, -0.2) is 30.1 Å². The van der Waals surface area contributed by atoms with E-state index < -0.39 is 0 Å². The number of pyridine rings is 1. The van der Waals surface area contributed by atoms with Crippen molar-refractivity contribution in [2.75, 3.05) is 0 Å². The fraction of sp³-hybridized carbons (Fsp3) is 0.333. The van der Waals surface area contributed by atoms with Gasteiger partial charge in [0.1, 0.15) is 0 Å². The average molecular weight is 439 g/mol. The third-order valence-corrected chi connectivity index (χ3v) is 6.53. The molecule has 0 N–H and O–H groups in total. The van der Waals surface area contributed by atoms with Gasteiger partial charge in [-0.05, 0) is 52.9 Å². The molecule has 6 nitrogen and oxygen atoms in total. The van der Waals surface area contributed by atoms with E-state index >= 15 is 0 Å². The fourth-order valence-electron chi connectivity index (χ4n) is 4.84. The fourth-order valence-corrected chi connectivity index (χ4v) is 4.84. The summed E-state index contributed by atoms with van der Waals surface area (Å²) in [7, 11) is 0. The van der Waals surface area contributed by atoms with Crippen LogP contribution in [-0.2, 0) is 13.1 Å². The van der Waals surface area contributed by atoms with Crippen molar-refractivity contribution in [1.82, 2.24) is 30.1 Å². The Balaban J connectivity index is 1.59. The average Bonchev–Trinajstić information content (AvgIpc) is 3.54. The van der Waals surface area contributed by atoms with Gasteiger partial charge in [0.25, 0.3) is 0 Å². The molecule has 2 heterocycles. The lowest BCUT2D eigenvalue weighted by molar-refractivity contribution is 0.191. The van der Waals surface area contributed by atoms with Gasteiger partial charge < -0.3 is 0 Å². The monoisotopic (exact) mass is 438 g/mol. The van der Waals surface area contributed by atoms with Gasteiger partial charge in [0.15, 0.2) is 5.82 Å². The summed E-state index contributed by atoms with van der Waals surface area (Å²) >= 11 is 0. The van der Waals surface area contributed by atoms with Crippen molar-refractivity contribution in [2.24, 2.45) is 0 Å². The molecular weight excluding hydrogens is 408 g/mol. The van der Waals surface area contributed by atoms with Crippen molar-refractivity contribution in [3.05, 3.63) is 107 Å². The van der Waals surface area contributed by atoms with Gasteiger partial charge in [-0.15, -0.1) is 5.10 Å². The predicted octanol–water partition coefficient (Wildman–Crippen LogP) is 5.28. The van der Waals surface area contributed by atoms with Gasteiger partial charge in [0, 0.05) is 25.5 Å². The lowest BCUT2D eigenvalue weighted by Gasteiger charge is -2.32. The van der Waals surface area contributed by atoms with Crippen molar-refractivity contribution in [2.45, 2.75) is 57.8 Å². The van der Waals surface area contributed by atoms with E-state index in [0.29, 0.717) is 6.04 Å². The Hall–Kier alpha value is -3.38. The SMILES string of the molecule is Cc1ccc([C@@H](c2nnnn2C2CCCC2)N(Cc2ccccc2)Cc2cccnc2)cc1. The summed E-state index contributed by atoms with van der Waals surface area (Å²) in [6.07, 6.45) is 8.53. The molecule has 1 aliphatic rings. The topological polar surface area (TPSA) is 59.7 Å². The standard InChI is InChI=1S/C27H30N6/c1-21-13-15-24(16-14-21)26(27-29-30-31-33(27)25-11-5-6-12-25)32(19-22-8-3-2-4-9-22)20-23-10-7-17-28-18-23/h2-4,7-10,13-18,25-26H,5-6,11-12,19-20H2,1H3/t26-/m0/s1. The van der Waals surface area contributed by atoms with Crippen LogP contribution in [0, 0.1) is 6.92 Å². The van der Waals surface area contributed by atoms with Gasteiger partial charge in [0.05, 0.1) is 12.1 Å². The maximum absolute atomic E-state index is 4.61. The summed E-state index contributed by atoms with van der Waals surface area (Å²) in [5.74, 6) is 0.922. The molecule has 4 aromatic rings. The molecule has 0 radical (unpaired) electrons. The highest BCUT2D eigenvalue weighted by Crippen LogP contribution is 2.35. The van der Waals surface area contributed by atoms with Crippen LogP contribution in [0.25, 0.3) is 0 Å². The highest BCUT2D eigenvalue weighted by Gasteiger charge is 2.31. The van der Waals surface area contributed by atoms with E-state index in [9.17, 15) is 0 Å². The van der Waals surface area contributed by atoms with Crippen molar-refractivity contribution in [1.29, 1.82) is 0 Å². The molecule has 33 heavy (non-hydrogen) atoms. The van der Waals surface area contributed by atoms with Crippen molar-refractivity contribution in [3.8, 4) is 0 Å². The van der Waals surface area contributed by atoms with Gasteiger partial charge >= 0.3 is 0 Å². The number of hydrogen-bond donors (Lipinski definition) is 0. The molecule has 5 rings (SSSR count). The molecule has 1 aliphatic carbocycles. The number of hydrogen-bond acceptors (Lipinski definition) is 5. The molecule has 168 valence electrons. The zero-order valence-electron chi connectivity index (χ0n) is 19.1. The Kier molecular flexibility index (Phi) is 6.53. The first-order chi connectivity index (χ1) is 16.3. The summed E-state index contributed by atoms with van der Waals surface area (Å²) in [6, 6.07) is 23.9. The maximum Gasteiger partial charge on any atom is 0.173 e. The minimum absolute atomic E-state index is 0.0680. The Morgan fingerprint density at radius 3 is 2.36 bits per heavy atom. The van der Waals surface area contributed by atoms with Crippen molar-refractivity contribution in [3.63, 3.8) is 0 Å². The molecule has 0 unspecified atom stereocenters. The van der Waals surface area contributed by atoms with Gasteiger partial charge in [-0.3, -0.25) is 9.88 Å². The summed E-state index contributed by atoms with van der Waals surface area (Å²) in [6.45, 7) is 3.66. The lowest BCUT2D eigenvalue weighted by atomic mass is 10.0. The molecule has 0 amide bonds. The van der Waals surface area contributed by atoms with E-state index in [0.717, 1.165) is 31.8 Å². The minimum atomic E-state index is -0.0680. The number of aryl methyl sites for hydroxylation is 1. The second-order valence-electron chi connectivity index (χ2n) is 8.99. The lowest BCUT2D eigenvalue weighted by Crippen LogP contribution is -2.32. The highest BCUT2D eigenvalue weighted by atomic mass is 15.6. The smallest absolute Gasteiger partial charge is 0.173 e. The molecule has 2 aromatic heterocycles. The van der Waals surface area contributed by atoms with Gasteiger partial charge in [0.2, 0.25) is 0 Å². The first-order valence-electron chi connectivity index (χ1n) is 11.8. The normalized spacial score (nSPS) is 15.2. The van der Waals surface area contributed by atoms with Gasteiger partial charge in [-0.25, -0.2) is 4.68 Å². The molecule has 0 bridgehead atoms. The number of tetrazole rings is 1. The van der Waals surface area contributed by atoms with E-state index in [-0.39, 0.29) is 6.04 Å². The molecule has 2 aromatic carbocycles. The van der Waals surface area contributed by atoms with Crippen molar-refractivity contribution >= 4 is 0 Å². The summed E-state index contributed by atoms with van der Waals surface area (Å²) < 4.78 is 2.10. The van der Waals surface area contributed by atoms with Crippen LogP contribution in [0.4, 0.5) is 0 Å². The second-order valence-corrected chi connectivity index (χ2v) is 8.99. The summed E-state index contributed by atoms with van der Waals surface area (Å²) in [5.41, 5.74) is 4.88. The molecule has 1 saturated carbocycles. The van der Waals surface area contributed by atoms with Crippen LogP contribution in [0.1, 0.15) is 65.8 Å². The second kappa shape index (κ2) is 10.0. The molecule has 1 atom stereocenters. The Labute approximate surface area is 195 Å². The van der Waals surface area contributed by atoms with Crippen LogP contribution in [0.5, 0.6) is 0 Å². The Morgan fingerprint density at radius 1 is 0.909 bits per heavy atom. The van der Waals surface area contributed by atoms with Gasteiger partial charge in [-0.2, -0.15) is 0 Å². The molecule has 0 aliphatic heterocycles. The molecule has 6 heteroatoms. The van der Waals surface area contributed by atoms with Crippen LogP contribution in [0.3, 0.4) is 0 Å². The quantitative estimate of drug-likeness (QED) is 0.374. The number of rotatable bonds is 8. The zero-order valence-corrected chi connectivity index (χ0v) is 19.1. The number of aromatic nitrogens is 5. The van der Waals surface area contributed by atoms with Gasteiger partial charge in [-0.1, -0.05) is 79.1 Å². The third-order valence-electron chi connectivity index (χ3n) is 6.53. The van der Waals surface area contributed by atoms with Crippen LogP contribution >= 0.6 is 0 Å². The van der Waals surface area contributed by atoms with E-state index in [2.05, 4.69) is 97.7 Å². The van der Waals surface area contributed by atoms with E-state index in [1.165, 1.54) is 35.1 Å². The highest BCUT2D eigenvalue weighted by molar-refractivity contribution is 5.29. The zero-order chi connectivity index (χ0) is 22.5. The number of nitrogens with zero attached hydrogens (tertiary/aromatic N) is 6. The Bertz CT molecular complexity index is 1090. The largest absolute Gasteiger partial charge is 0.281 e. The molecule has 1 fully saturated rings. The molecule has 0 spiro atoms. The molecule has 0 saturated heterocycles. The van der Waals surface area contributed by atoms with Crippen molar-refractivity contribution < 1.29 is 0 Å². The van der Waals surface area contributed by atoms with E-state index in [1.807, 2.05) is 18.5 Å². The van der Waals surface area contributed by atoms with E-state index in [4.69, 9.17) is 0 Å². The number of benzene rings is 2. The van der Waals surface area contributed by atoms with E-state index in [1.54, 1.807) is 0 Å². The molecular formula is C27H30N6. The van der Waals surface area contributed by atoms with Crippen LogP contribution in [0.15, 0.2) is 79.1 Å². The minimum Gasteiger partial charge on any atom is -0.281 e. The summed E-state index contributed by atoms with van der Waals surface area (Å²) in [5, 5.41) is 13.2. The first-order valence-corrected chi connectivity index (χ1v) is 11.8.